The van der Waals surface area contributed by atoms with Crippen molar-refractivity contribution in [2.75, 3.05) is 13.2 Å². The van der Waals surface area contributed by atoms with E-state index in [-0.39, 0.29) is 0 Å². The molecule has 1 unspecified atom stereocenters. The van der Waals surface area contributed by atoms with Crippen molar-refractivity contribution in [3.8, 4) is 0 Å². The molecule has 0 spiro atoms. The SMILES string of the molecule is NCCc1cnc(CC2CCCO2)o1. The van der Waals surface area contributed by atoms with Gasteiger partial charge >= 0.3 is 0 Å². The Balaban J connectivity index is 1.88. The summed E-state index contributed by atoms with van der Waals surface area (Å²) in [4.78, 5) is 4.20. The number of oxazole rings is 1. The summed E-state index contributed by atoms with van der Waals surface area (Å²) >= 11 is 0. The van der Waals surface area contributed by atoms with Crippen molar-refractivity contribution < 1.29 is 9.15 Å². The molecule has 0 amide bonds. The molecule has 2 heterocycles. The maximum atomic E-state index is 5.51. The summed E-state index contributed by atoms with van der Waals surface area (Å²) in [6.07, 6.45) is 5.90. The van der Waals surface area contributed by atoms with E-state index in [1.165, 1.54) is 0 Å². The number of rotatable bonds is 4. The van der Waals surface area contributed by atoms with Crippen LogP contribution in [0.1, 0.15) is 24.5 Å². The second-order valence-corrected chi connectivity index (χ2v) is 3.60. The third kappa shape index (κ3) is 2.33. The fraction of sp³-hybridized carbons (Fsp3) is 0.700. The molecule has 1 aromatic rings. The fourth-order valence-corrected chi connectivity index (χ4v) is 1.70. The molecule has 14 heavy (non-hydrogen) atoms. The molecule has 78 valence electrons. The van der Waals surface area contributed by atoms with E-state index in [0.717, 1.165) is 43.9 Å². The van der Waals surface area contributed by atoms with Gasteiger partial charge in [-0.05, 0) is 19.4 Å². The summed E-state index contributed by atoms with van der Waals surface area (Å²) in [5.74, 6) is 1.65. The van der Waals surface area contributed by atoms with Crippen molar-refractivity contribution in [2.45, 2.75) is 31.8 Å². The molecule has 0 bridgehead atoms. The van der Waals surface area contributed by atoms with Crippen LogP contribution in [-0.2, 0) is 17.6 Å². The molecule has 1 saturated heterocycles. The molecule has 1 aliphatic heterocycles. The molecule has 0 aliphatic carbocycles. The van der Waals surface area contributed by atoms with Gasteiger partial charge in [0.15, 0.2) is 5.89 Å². The molecular weight excluding hydrogens is 180 g/mol. The van der Waals surface area contributed by atoms with E-state index in [4.69, 9.17) is 14.9 Å². The molecular formula is C10H16N2O2. The zero-order valence-corrected chi connectivity index (χ0v) is 8.24. The smallest absolute Gasteiger partial charge is 0.196 e. The van der Waals surface area contributed by atoms with E-state index in [1.54, 1.807) is 6.20 Å². The first-order chi connectivity index (χ1) is 6.88. The van der Waals surface area contributed by atoms with Gasteiger partial charge in [-0.2, -0.15) is 0 Å². The summed E-state index contributed by atoms with van der Waals surface area (Å²) in [7, 11) is 0. The Kier molecular flexibility index (Phi) is 3.16. The van der Waals surface area contributed by atoms with Gasteiger partial charge in [-0.3, -0.25) is 0 Å². The highest BCUT2D eigenvalue weighted by Gasteiger charge is 2.18. The van der Waals surface area contributed by atoms with Gasteiger partial charge in [0.25, 0.3) is 0 Å². The van der Waals surface area contributed by atoms with Crippen LogP contribution in [-0.4, -0.2) is 24.2 Å². The lowest BCUT2D eigenvalue weighted by Crippen LogP contribution is -2.08. The average molecular weight is 196 g/mol. The maximum Gasteiger partial charge on any atom is 0.196 e. The topological polar surface area (TPSA) is 61.3 Å². The molecule has 4 heteroatoms. The first-order valence-electron chi connectivity index (χ1n) is 5.13. The molecule has 1 fully saturated rings. The van der Waals surface area contributed by atoms with Crippen LogP contribution in [0.25, 0.3) is 0 Å². The average Bonchev–Trinajstić information content (AvgIpc) is 2.79. The lowest BCUT2D eigenvalue weighted by Gasteiger charge is -2.04. The molecule has 2 N–H and O–H groups in total. The zero-order valence-electron chi connectivity index (χ0n) is 8.24. The number of ether oxygens (including phenoxy) is 1. The standard InChI is InChI=1S/C10H16N2O2/c11-4-3-9-7-12-10(14-9)6-8-2-1-5-13-8/h7-8H,1-6,11H2. The van der Waals surface area contributed by atoms with Crippen LogP contribution in [0.2, 0.25) is 0 Å². The van der Waals surface area contributed by atoms with Crippen molar-refractivity contribution in [2.24, 2.45) is 5.73 Å². The third-order valence-corrected chi connectivity index (χ3v) is 2.42. The Morgan fingerprint density at radius 3 is 3.21 bits per heavy atom. The first kappa shape index (κ1) is 9.68. The quantitative estimate of drug-likeness (QED) is 0.777. The van der Waals surface area contributed by atoms with Gasteiger partial charge in [0.1, 0.15) is 5.76 Å². The summed E-state index contributed by atoms with van der Waals surface area (Å²) in [6, 6.07) is 0. The Morgan fingerprint density at radius 1 is 1.57 bits per heavy atom. The van der Waals surface area contributed by atoms with Crippen LogP contribution in [0.4, 0.5) is 0 Å². The van der Waals surface area contributed by atoms with E-state index in [0.29, 0.717) is 12.6 Å². The molecule has 0 saturated carbocycles. The van der Waals surface area contributed by atoms with E-state index in [9.17, 15) is 0 Å². The van der Waals surface area contributed by atoms with E-state index in [2.05, 4.69) is 4.98 Å². The van der Waals surface area contributed by atoms with E-state index < -0.39 is 0 Å². The number of aromatic nitrogens is 1. The third-order valence-electron chi connectivity index (χ3n) is 2.42. The molecule has 0 radical (unpaired) electrons. The van der Waals surface area contributed by atoms with Gasteiger partial charge in [-0.25, -0.2) is 4.98 Å². The molecule has 0 aromatic carbocycles. The van der Waals surface area contributed by atoms with Crippen molar-refractivity contribution in [3.05, 3.63) is 17.8 Å². The largest absolute Gasteiger partial charge is 0.446 e. The number of hydrogen-bond acceptors (Lipinski definition) is 4. The molecule has 1 aromatic heterocycles. The molecule has 1 aliphatic rings. The minimum Gasteiger partial charge on any atom is -0.446 e. The van der Waals surface area contributed by atoms with Gasteiger partial charge < -0.3 is 14.9 Å². The molecule has 1 atom stereocenters. The predicted octanol–water partition coefficient (Wildman–Crippen LogP) is 0.897. The Labute approximate surface area is 83.4 Å². The first-order valence-corrected chi connectivity index (χ1v) is 5.13. The normalized spacial score (nSPS) is 21.6. The molecule has 4 nitrogen and oxygen atoms in total. The second kappa shape index (κ2) is 4.57. The van der Waals surface area contributed by atoms with E-state index in [1.807, 2.05) is 0 Å². The number of hydrogen-bond donors (Lipinski definition) is 1. The van der Waals surface area contributed by atoms with Crippen molar-refractivity contribution in [1.29, 1.82) is 0 Å². The van der Waals surface area contributed by atoms with Crippen molar-refractivity contribution in [1.82, 2.24) is 4.98 Å². The number of nitrogens with zero attached hydrogens (tertiary/aromatic N) is 1. The van der Waals surface area contributed by atoms with Crippen LogP contribution in [0, 0.1) is 0 Å². The molecule has 2 rings (SSSR count). The highest BCUT2D eigenvalue weighted by atomic mass is 16.5. The van der Waals surface area contributed by atoms with Crippen molar-refractivity contribution >= 4 is 0 Å². The van der Waals surface area contributed by atoms with Gasteiger partial charge in [0, 0.05) is 13.0 Å². The minimum atomic E-state index is 0.305. The van der Waals surface area contributed by atoms with Crippen LogP contribution in [0.3, 0.4) is 0 Å². The predicted molar refractivity (Wildman–Crippen MR) is 51.9 cm³/mol. The van der Waals surface area contributed by atoms with Gasteiger partial charge in [0.2, 0.25) is 0 Å². The van der Waals surface area contributed by atoms with Crippen LogP contribution in [0.15, 0.2) is 10.6 Å². The minimum absolute atomic E-state index is 0.305. The van der Waals surface area contributed by atoms with E-state index >= 15 is 0 Å². The van der Waals surface area contributed by atoms with Crippen molar-refractivity contribution in [3.63, 3.8) is 0 Å². The zero-order chi connectivity index (χ0) is 9.80. The highest BCUT2D eigenvalue weighted by Crippen LogP contribution is 2.17. The lowest BCUT2D eigenvalue weighted by molar-refractivity contribution is 0.105. The van der Waals surface area contributed by atoms with Gasteiger partial charge in [-0.1, -0.05) is 0 Å². The summed E-state index contributed by atoms with van der Waals surface area (Å²) in [5, 5.41) is 0. The monoisotopic (exact) mass is 196 g/mol. The maximum absolute atomic E-state index is 5.51. The van der Waals surface area contributed by atoms with Gasteiger partial charge in [-0.15, -0.1) is 0 Å². The Morgan fingerprint density at radius 2 is 2.50 bits per heavy atom. The van der Waals surface area contributed by atoms with Crippen LogP contribution >= 0.6 is 0 Å². The summed E-state index contributed by atoms with van der Waals surface area (Å²) < 4.78 is 11.0. The number of nitrogens with two attached hydrogens (primary N) is 1. The Bertz CT molecular complexity index is 279. The van der Waals surface area contributed by atoms with Crippen LogP contribution in [0.5, 0.6) is 0 Å². The summed E-state index contributed by atoms with van der Waals surface area (Å²) in [5.41, 5.74) is 5.42. The second-order valence-electron chi connectivity index (χ2n) is 3.60. The summed E-state index contributed by atoms with van der Waals surface area (Å²) in [6.45, 7) is 1.48. The fourth-order valence-electron chi connectivity index (χ4n) is 1.70. The highest BCUT2D eigenvalue weighted by molar-refractivity contribution is 4.96. The van der Waals surface area contributed by atoms with Gasteiger partial charge in [0.05, 0.1) is 18.7 Å². The lowest BCUT2D eigenvalue weighted by atomic mass is 10.2. The van der Waals surface area contributed by atoms with Crippen LogP contribution < -0.4 is 5.73 Å². The Hall–Kier alpha value is -0.870.